The maximum Gasteiger partial charge on any atom is 0.169 e. The Morgan fingerprint density at radius 2 is 1.82 bits per heavy atom. The lowest BCUT2D eigenvalue weighted by Gasteiger charge is -2.25. The van der Waals surface area contributed by atoms with Crippen molar-refractivity contribution in [3.8, 4) is 0 Å². The fourth-order valence-electron chi connectivity index (χ4n) is 2.43. The van der Waals surface area contributed by atoms with E-state index < -0.39 is 5.79 Å². The van der Waals surface area contributed by atoms with Crippen LogP contribution in [0, 0.1) is 0 Å². The lowest BCUT2D eigenvalue weighted by Crippen LogP contribution is -2.28. The van der Waals surface area contributed by atoms with Gasteiger partial charge < -0.3 is 15.2 Å². The van der Waals surface area contributed by atoms with E-state index in [0.717, 1.165) is 24.1 Å². The Kier molecular flexibility index (Phi) is 3.40. The highest BCUT2D eigenvalue weighted by Gasteiger charge is 2.44. The summed E-state index contributed by atoms with van der Waals surface area (Å²) in [5.74, 6) is -0.438. The van der Waals surface area contributed by atoms with E-state index in [1.165, 1.54) is 0 Å². The minimum Gasteiger partial charge on any atom is -0.398 e. The Morgan fingerprint density at radius 1 is 1.18 bits per heavy atom. The van der Waals surface area contributed by atoms with Gasteiger partial charge in [-0.3, -0.25) is 0 Å². The summed E-state index contributed by atoms with van der Waals surface area (Å²) in [6.45, 7) is 6.23. The van der Waals surface area contributed by atoms with Gasteiger partial charge in [0.25, 0.3) is 0 Å². The zero-order chi connectivity index (χ0) is 12.5. The van der Waals surface area contributed by atoms with Gasteiger partial charge in [0.1, 0.15) is 6.10 Å². The summed E-state index contributed by atoms with van der Waals surface area (Å²) < 4.78 is 12.1. The molecule has 1 aliphatic rings. The van der Waals surface area contributed by atoms with Crippen LogP contribution in [0.15, 0.2) is 24.3 Å². The number of benzene rings is 1. The summed E-state index contributed by atoms with van der Waals surface area (Å²) >= 11 is 0. The Labute approximate surface area is 103 Å². The van der Waals surface area contributed by atoms with Gasteiger partial charge >= 0.3 is 0 Å². The first-order valence-corrected chi connectivity index (χ1v) is 6.32. The van der Waals surface area contributed by atoms with Gasteiger partial charge in [-0.05, 0) is 25.8 Å². The average Bonchev–Trinajstić information content (AvgIpc) is 2.68. The third-order valence-corrected chi connectivity index (χ3v) is 3.55. The topological polar surface area (TPSA) is 44.5 Å². The number of nitrogen functional groups attached to an aromatic ring is 1. The van der Waals surface area contributed by atoms with E-state index in [-0.39, 0.29) is 12.2 Å². The number of nitrogens with two attached hydrogens (primary N) is 1. The molecule has 1 aliphatic heterocycles. The fourth-order valence-corrected chi connectivity index (χ4v) is 2.43. The molecule has 0 bridgehead atoms. The first-order valence-electron chi connectivity index (χ1n) is 6.32. The molecule has 0 saturated carbocycles. The normalized spacial score (nSPS) is 27.2. The molecule has 2 rings (SSSR count). The van der Waals surface area contributed by atoms with Crippen LogP contribution in [-0.2, 0) is 9.47 Å². The SMILES string of the molecule is CCC1(CC)O[C@@H](C)[C@H](c2ccccc2N)O1. The standard InChI is InChI=1S/C14H21NO2/c1-4-14(5-2)16-10(3)13(17-14)11-8-6-7-9-12(11)15/h6-10,13H,4-5,15H2,1-3H3/t10-,13+/m0/s1. The predicted octanol–water partition coefficient (Wildman–Crippen LogP) is 3.26. The molecule has 0 amide bonds. The molecular weight excluding hydrogens is 214 g/mol. The van der Waals surface area contributed by atoms with Crippen molar-refractivity contribution in [2.45, 2.75) is 51.6 Å². The summed E-state index contributed by atoms with van der Waals surface area (Å²) in [5.41, 5.74) is 7.80. The van der Waals surface area contributed by atoms with Crippen molar-refractivity contribution in [2.24, 2.45) is 0 Å². The highest BCUT2D eigenvalue weighted by molar-refractivity contribution is 5.48. The smallest absolute Gasteiger partial charge is 0.169 e. The molecule has 0 unspecified atom stereocenters. The van der Waals surface area contributed by atoms with Gasteiger partial charge in [-0.25, -0.2) is 0 Å². The third-order valence-electron chi connectivity index (χ3n) is 3.55. The predicted molar refractivity (Wildman–Crippen MR) is 68.5 cm³/mol. The summed E-state index contributed by atoms with van der Waals surface area (Å²) in [6.07, 6.45) is 1.70. The molecule has 3 nitrogen and oxygen atoms in total. The van der Waals surface area contributed by atoms with E-state index in [1.807, 2.05) is 31.2 Å². The lowest BCUT2D eigenvalue weighted by atomic mass is 10.0. The minimum absolute atomic E-state index is 0.0413. The minimum atomic E-state index is -0.438. The first-order chi connectivity index (χ1) is 8.12. The molecule has 1 saturated heterocycles. The summed E-state index contributed by atoms with van der Waals surface area (Å²) in [4.78, 5) is 0. The van der Waals surface area contributed by atoms with Gasteiger partial charge in [-0.1, -0.05) is 32.0 Å². The highest BCUT2D eigenvalue weighted by atomic mass is 16.8. The second kappa shape index (κ2) is 4.67. The van der Waals surface area contributed by atoms with Gasteiger partial charge in [0.05, 0.1) is 6.10 Å². The van der Waals surface area contributed by atoms with Gasteiger partial charge in [0, 0.05) is 11.3 Å². The van der Waals surface area contributed by atoms with E-state index in [1.54, 1.807) is 0 Å². The Bertz CT molecular complexity index is 388. The molecule has 1 aromatic rings. The third kappa shape index (κ3) is 2.17. The van der Waals surface area contributed by atoms with E-state index in [2.05, 4.69) is 13.8 Å². The molecule has 94 valence electrons. The van der Waals surface area contributed by atoms with Crippen molar-refractivity contribution < 1.29 is 9.47 Å². The van der Waals surface area contributed by atoms with Crippen LogP contribution in [0.1, 0.15) is 45.3 Å². The second-order valence-corrected chi connectivity index (χ2v) is 4.61. The van der Waals surface area contributed by atoms with Crippen molar-refractivity contribution in [3.05, 3.63) is 29.8 Å². The van der Waals surface area contributed by atoms with Crippen LogP contribution in [-0.4, -0.2) is 11.9 Å². The van der Waals surface area contributed by atoms with Crippen molar-refractivity contribution in [1.82, 2.24) is 0 Å². The molecule has 17 heavy (non-hydrogen) atoms. The van der Waals surface area contributed by atoms with E-state index in [9.17, 15) is 0 Å². The highest BCUT2D eigenvalue weighted by Crippen LogP contribution is 2.43. The molecule has 0 radical (unpaired) electrons. The van der Waals surface area contributed by atoms with Crippen LogP contribution in [0.25, 0.3) is 0 Å². The van der Waals surface area contributed by atoms with Crippen LogP contribution in [0.2, 0.25) is 0 Å². The molecule has 0 aromatic heterocycles. The quantitative estimate of drug-likeness (QED) is 0.818. The summed E-state index contributed by atoms with van der Waals surface area (Å²) in [7, 11) is 0. The molecule has 3 heteroatoms. The largest absolute Gasteiger partial charge is 0.398 e. The molecule has 1 heterocycles. The van der Waals surface area contributed by atoms with Crippen molar-refractivity contribution >= 4 is 5.69 Å². The van der Waals surface area contributed by atoms with Crippen LogP contribution in [0.4, 0.5) is 5.69 Å². The Hall–Kier alpha value is -1.06. The van der Waals surface area contributed by atoms with Crippen LogP contribution in [0.3, 0.4) is 0 Å². The van der Waals surface area contributed by atoms with E-state index in [4.69, 9.17) is 15.2 Å². The van der Waals surface area contributed by atoms with Gasteiger partial charge in [0.2, 0.25) is 0 Å². The number of rotatable bonds is 3. The molecule has 2 atom stereocenters. The van der Waals surface area contributed by atoms with Crippen molar-refractivity contribution in [2.75, 3.05) is 5.73 Å². The van der Waals surface area contributed by atoms with E-state index in [0.29, 0.717) is 0 Å². The molecule has 0 aliphatic carbocycles. The Morgan fingerprint density at radius 3 is 2.35 bits per heavy atom. The number of para-hydroxylation sites is 1. The van der Waals surface area contributed by atoms with Crippen LogP contribution < -0.4 is 5.73 Å². The van der Waals surface area contributed by atoms with Crippen LogP contribution in [0.5, 0.6) is 0 Å². The van der Waals surface area contributed by atoms with Gasteiger partial charge in [0.15, 0.2) is 5.79 Å². The molecule has 1 fully saturated rings. The van der Waals surface area contributed by atoms with Crippen LogP contribution >= 0.6 is 0 Å². The average molecular weight is 235 g/mol. The number of hydrogen-bond donors (Lipinski definition) is 1. The maximum absolute atomic E-state index is 6.12. The lowest BCUT2D eigenvalue weighted by molar-refractivity contribution is -0.178. The Balaban J connectivity index is 2.27. The zero-order valence-electron chi connectivity index (χ0n) is 10.8. The molecule has 1 aromatic carbocycles. The number of ether oxygens (including phenoxy) is 2. The summed E-state index contributed by atoms with van der Waals surface area (Å²) in [6, 6.07) is 7.84. The molecule has 2 N–H and O–H groups in total. The van der Waals surface area contributed by atoms with Crippen molar-refractivity contribution in [3.63, 3.8) is 0 Å². The van der Waals surface area contributed by atoms with Gasteiger partial charge in [-0.2, -0.15) is 0 Å². The number of hydrogen-bond acceptors (Lipinski definition) is 3. The van der Waals surface area contributed by atoms with Gasteiger partial charge in [-0.15, -0.1) is 0 Å². The fraction of sp³-hybridized carbons (Fsp3) is 0.571. The second-order valence-electron chi connectivity index (χ2n) is 4.61. The molecular formula is C14H21NO2. The summed E-state index contributed by atoms with van der Waals surface area (Å²) in [5, 5.41) is 0. The maximum atomic E-state index is 6.12. The number of anilines is 1. The van der Waals surface area contributed by atoms with Crippen molar-refractivity contribution in [1.29, 1.82) is 0 Å². The molecule has 0 spiro atoms. The van der Waals surface area contributed by atoms with E-state index >= 15 is 0 Å². The monoisotopic (exact) mass is 235 g/mol. The first kappa shape index (κ1) is 12.4. The zero-order valence-corrected chi connectivity index (χ0v) is 10.8.